The molecule has 5 nitrogen and oxygen atoms in total. The Morgan fingerprint density at radius 2 is 1.89 bits per heavy atom. The van der Waals surface area contributed by atoms with Crippen molar-refractivity contribution in [2.75, 3.05) is 6.54 Å². The van der Waals surface area contributed by atoms with Crippen LogP contribution in [0.25, 0.3) is 10.9 Å². The lowest BCUT2D eigenvalue weighted by Gasteiger charge is -2.14. The highest BCUT2D eigenvalue weighted by molar-refractivity contribution is 6.15. The second kappa shape index (κ2) is 7.11. The molecule has 2 heterocycles. The normalized spacial score (nSPS) is 14.1. The van der Waals surface area contributed by atoms with Gasteiger partial charge in [0.15, 0.2) is 0 Å². The molecule has 1 aliphatic rings. The number of amides is 2. The highest BCUT2D eigenvalue weighted by Gasteiger charge is 2.27. The molecule has 1 N–H and O–H groups in total. The fourth-order valence-corrected chi connectivity index (χ4v) is 3.28. The maximum Gasteiger partial charge on any atom is 0.256 e. The smallest absolute Gasteiger partial charge is 0.256 e. The van der Waals surface area contributed by atoms with Crippen molar-refractivity contribution in [1.29, 1.82) is 0 Å². The average Bonchev–Trinajstić information content (AvgIpc) is 3.19. The van der Waals surface area contributed by atoms with E-state index < -0.39 is 0 Å². The van der Waals surface area contributed by atoms with E-state index in [1.165, 1.54) is 11.0 Å². The zero-order valence-electron chi connectivity index (χ0n) is 15.1. The van der Waals surface area contributed by atoms with Crippen LogP contribution in [0, 0.1) is 0 Å². The molecular weight excluding hydrogens is 340 g/mol. The number of carbonyl (C=O) groups excluding carboxylic acids is 2. The first kappa shape index (κ1) is 17.1. The minimum atomic E-state index is -0.232. The summed E-state index contributed by atoms with van der Waals surface area (Å²) in [5.74, 6) is 0.356. The van der Waals surface area contributed by atoms with Crippen LogP contribution in [0.2, 0.25) is 0 Å². The fraction of sp³-hybridized carbons (Fsp3) is 0.182. The molecule has 0 spiro atoms. The minimum Gasteiger partial charge on any atom is -0.489 e. The van der Waals surface area contributed by atoms with Gasteiger partial charge in [-0.15, -0.1) is 0 Å². The van der Waals surface area contributed by atoms with Crippen molar-refractivity contribution in [3.05, 3.63) is 77.5 Å². The van der Waals surface area contributed by atoms with Gasteiger partial charge in [-0.05, 0) is 42.7 Å². The van der Waals surface area contributed by atoms with Crippen molar-refractivity contribution >= 4 is 22.7 Å². The Labute approximate surface area is 157 Å². The average molecular weight is 360 g/mol. The van der Waals surface area contributed by atoms with Crippen LogP contribution in [-0.2, 0) is 22.6 Å². The van der Waals surface area contributed by atoms with E-state index in [1.807, 2.05) is 54.7 Å². The first-order valence-electron chi connectivity index (χ1n) is 8.93. The van der Waals surface area contributed by atoms with E-state index in [1.54, 1.807) is 6.92 Å². The van der Waals surface area contributed by atoms with Crippen LogP contribution in [0.3, 0.4) is 0 Å². The first-order valence-corrected chi connectivity index (χ1v) is 8.93. The largest absolute Gasteiger partial charge is 0.489 e. The molecule has 27 heavy (non-hydrogen) atoms. The van der Waals surface area contributed by atoms with Crippen molar-refractivity contribution in [2.24, 2.45) is 0 Å². The predicted octanol–water partition coefficient (Wildman–Crippen LogP) is 3.60. The molecule has 2 aromatic carbocycles. The van der Waals surface area contributed by atoms with Gasteiger partial charge in [0, 0.05) is 35.3 Å². The summed E-state index contributed by atoms with van der Waals surface area (Å²) in [5.41, 5.74) is 3.67. The molecule has 3 aromatic rings. The van der Waals surface area contributed by atoms with E-state index in [-0.39, 0.29) is 11.8 Å². The first-order chi connectivity index (χ1) is 13.1. The molecule has 136 valence electrons. The molecule has 0 aliphatic carbocycles. The highest BCUT2D eigenvalue weighted by atomic mass is 16.5. The summed E-state index contributed by atoms with van der Waals surface area (Å²) in [6.07, 6.45) is 3.92. The van der Waals surface area contributed by atoms with E-state index in [0.717, 1.165) is 27.8 Å². The van der Waals surface area contributed by atoms with Gasteiger partial charge in [-0.2, -0.15) is 0 Å². The van der Waals surface area contributed by atoms with Crippen LogP contribution < -0.4 is 4.74 Å². The summed E-state index contributed by atoms with van der Waals surface area (Å²) in [5, 5.41) is 1.05. The van der Waals surface area contributed by atoms with E-state index in [2.05, 4.69) is 4.98 Å². The number of fused-ring (bicyclic) bond motifs is 1. The molecule has 0 saturated heterocycles. The molecule has 0 bridgehead atoms. The van der Waals surface area contributed by atoms with Crippen molar-refractivity contribution in [1.82, 2.24) is 9.88 Å². The molecule has 5 heteroatoms. The van der Waals surface area contributed by atoms with Gasteiger partial charge in [0.25, 0.3) is 11.8 Å². The van der Waals surface area contributed by atoms with Crippen LogP contribution in [0.5, 0.6) is 5.75 Å². The molecule has 1 aromatic heterocycles. The van der Waals surface area contributed by atoms with Gasteiger partial charge in [0.1, 0.15) is 12.4 Å². The third-order valence-electron chi connectivity index (χ3n) is 4.78. The quantitative estimate of drug-likeness (QED) is 0.683. The summed E-state index contributed by atoms with van der Waals surface area (Å²) < 4.78 is 5.91. The van der Waals surface area contributed by atoms with Crippen LogP contribution in [0.15, 0.2) is 66.4 Å². The minimum absolute atomic E-state index is 0.202. The number of benzene rings is 2. The standard InChI is InChI=1S/C22H20N2O3/c1-15-11-21(25)24(22(15)26)10-9-17-13-23-20-8-7-18(12-19(17)20)27-14-16-5-3-2-4-6-16/h2-8,11-13,23H,9-10,14H2,1H3. The van der Waals surface area contributed by atoms with Crippen molar-refractivity contribution in [3.8, 4) is 5.75 Å². The number of carbonyl (C=O) groups is 2. The number of nitrogens with one attached hydrogen (secondary N) is 1. The number of aromatic nitrogens is 1. The number of aromatic amines is 1. The molecule has 1 aliphatic heterocycles. The third-order valence-corrected chi connectivity index (χ3v) is 4.78. The summed E-state index contributed by atoms with van der Waals surface area (Å²) in [4.78, 5) is 28.4. The lowest BCUT2D eigenvalue weighted by molar-refractivity contribution is -0.137. The maximum absolute atomic E-state index is 12.0. The van der Waals surface area contributed by atoms with E-state index in [0.29, 0.717) is 25.1 Å². The van der Waals surface area contributed by atoms with E-state index in [4.69, 9.17) is 4.74 Å². The molecule has 0 radical (unpaired) electrons. The summed E-state index contributed by atoms with van der Waals surface area (Å²) in [6, 6.07) is 15.9. The molecular formula is C22H20N2O3. The van der Waals surface area contributed by atoms with Gasteiger partial charge < -0.3 is 9.72 Å². The number of imide groups is 1. The van der Waals surface area contributed by atoms with Gasteiger partial charge in [-0.1, -0.05) is 30.3 Å². The zero-order valence-corrected chi connectivity index (χ0v) is 15.1. The van der Waals surface area contributed by atoms with Gasteiger partial charge in [-0.3, -0.25) is 14.5 Å². The van der Waals surface area contributed by atoms with E-state index >= 15 is 0 Å². The van der Waals surface area contributed by atoms with Gasteiger partial charge in [-0.25, -0.2) is 0 Å². The van der Waals surface area contributed by atoms with Gasteiger partial charge >= 0.3 is 0 Å². The van der Waals surface area contributed by atoms with Crippen molar-refractivity contribution in [3.63, 3.8) is 0 Å². The van der Waals surface area contributed by atoms with Gasteiger partial charge in [0.2, 0.25) is 0 Å². The molecule has 0 saturated carbocycles. The molecule has 0 atom stereocenters. The number of hydrogen-bond donors (Lipinski definition) is 1. The summed E-state index contributed by atoms with van der Waals surface area (Å²) >= 11 is 0. The maximum atomic E-state index is 12.0. The number of H-pyrrole nitrogens is 1. The number of hydrogen-bond acceptors (Lipinski definition) is 3. The number of nitrogens with zero attached hydrogens (tertiary/aromatic N) is 1. The summed E-state index contributed by atoms with van der Waals surface area (Å²) in [7, 11) is 0. The SMILES string of the molecule is CC1=CC(=O)N(CCc2c[nH]c3ccc(OCc4ccccc4)cc23)C1=O. The lowest BCUT2D eigenvalue weighted by Crippen LogP contribution is -2.32. The lowest BCUT2D eigenvalue weighted by atomic mass is 10.1. The van der Waals surface area contributed by atoms with Crippen LogP contribution in [-0.4, -0.2) is 28.2 Å². The highest BCUT2D eigenvalue weighted by Crippen LogP contribution is 2.25. The Morgan fingerprint density at radius 3 is 2.63 bits per heavy atom. The second-order valence-electron chi connectivity index (χ2n) is 6.67. The molecule has 0 fully saturated rings. The third kappa shape index (κ3) is 3.49. The number of rotatable bonds is 6. The van der Waals surface area contributed by atoms with Gasteiger partial charge in [0.05, 0.1) is 0 Å². The van der Waals surface area contributed by atoms with Crippen molar-refractivity contribution in [2.45, 2.75) is 20.0 Å². The zero-order chi connectivity index (χ0) is 18.8. The Kier molecular flexibility index (Phi) is 4.50. The van der Waals surface area contributed by atoms with Crippen molar-refractivity contribution < 1.29 is 14.3 Å². The van der Waals surface area contributed by atoms with Crippen LogP contribution in [0.4, 0.5) is 0 Å². The monoisotopic (exact) mass is 360 g/mol. The topological polar surface area (TPSA) is 62.4 Å². The van der Waals surface area contributed by atoms with E-state index in [9.17, 15) is 9.59 Å². The fourth-order valence-electron chi connectivity index (χ4n) is 3.28. The Hall–Kier alpha value is -3.34. The Bertz CT molecular complexity index is 1030. The molecule has 2 amide bonds. The molecule has 0 unspecified atom stereocenters. The van der Waals surface area contributed by atoms with Crippen LogP contribution >= 0.6 is 0 Å². The van der Waals surface area contributed by atoms with Crippen LogP contribution in [0.1, 0.15) is 18.1 Å². The second-order valence-corrected chi connectivity index (χ2v) is 6.67. The number of ether oxygens (including phenoxy) is 1. The Morgan fingerprint density at radius 1 is 1.07 bits per heavy atom. The Balaban J connectivity index is 1.47. The summed E-state index contributed by atoms with van der Waals surface area (Å²) in [6.45, 7) is 2.55. The molecule has 4 rings (SSSR count). The predicted molar refractivity (Wildman–Crippen MR) is 103 cm³/mol.